The maximum atomic E-state index is 5.45. The van der Waals surface area contributed by atoms with E-state index in [-0.39, 0.29) is 6.04 Å². The van der Waals surface area contributed by atoms with Crippen molar-refractivity contribution in [1.82, 2.24) is 15.1 Å². The molecule has 0 bridgehead atoms. The lowest BCUT2D eigenvalue weighted by atomic mass is 9.99. The van der Waals surface area contributed by atoms with Gasteiger partial charge in [-0.1, -0.05) is 19.1 Å². The van der Waals surface area contributed by atoms with E-state index in [9.17, 15) is 0 Å². The molecule has 1 aromatic heterocycles. The van der Waals surface area contributed by atoms with Gasteiger partial charge in [-0.05, 0) is 44.0 Å². The Hall–Kier alpha value is -1.81. The highest BCUT2D eigenvalue weighted by Crippen LogP contribution is 2.27. The van der Waals surface area contributed by atoms with Crippen LogP contribution >= 0.6 is 0 Å². The summed E-state index contributed by atoms with van der Waals surface area (Å²) in [5.74, 6) is 0.929. The second-order valence-electron chi connectivity index (χ2n) is 5.25. The largest absolute Gasteiger partial charge is 0.496 e. The number of rotatable bonds is 7. The van der Waals surface area contributed by atoms with Gasteiger partial charge in [0.05, 0.1) is 19.3 Å². The zero-order valence-corrected chi connectivity index (χ0v) is 13.4. The minimum atomic E-state index is 0.153. The summed E-state index contributed by atoms with van der Waals surface area (Å²) >= 11 is 0. The topological polar surface area (TPSA) is 39.1 Å². The first-order chi connectivity index (χ1) is 10.2. The number of aromatic nitrogens is 2. The van der Waals surface area contributed by atoms with Crippen LogP contribution in [0.5, 0.6) is 5.75 Å². The van der Waals surface area contributed by atoms with Crippen molar-refractivity contribution in [2.75, 3.05) is 13.7 Å². The lowest BCUT2D eigenvalue weighted by Gasteiger charge is -2.19. The van der Waals surface area contributed by atoms with E-state index in [1.807, 2.05) is 10.9 Å². The molecule has 0 radical (unpaired) electrons. The number of hydrogen-bond acceptors (Lipinski definition) is 3. The van der Waals surface area contributed by atoms with Crippen molar-refractivity contribution in [3.8, 4) is 5.75 Å². The van der Waals surface area contributed by atoms with Crippen LogP contribution in [0.3, 0.4) is 0 Å². The zero-order valence-electron chi connectivity index (χ0n) is 13.4. The number of nitrogens with zero attached hydrogens (tertiary/aromatic N) is 2. The third kappa shape index (κ3) is 3.64. The smallest absolute Gasteiger partial charge is 0.122 e. The molecule has 1 aromatic carbocycles. The first-order valence-electron chi connectivity index (χ1n) is 7.59. The van der Waals surface area contributed by atoms with Crippen LogP contribution in [-0.2, 0) is 6.54 Å². The molecule has 0 aliphatic carbocycles. The predicted molar refractivity (Wildman–Crippen MR) is 85.8 cm³/mol. The summed E-state index contributed by atoms with van der Waals surface area (Å²) in [6, 6.07) is 6.54. The summed E-state index contributed by atoms with van der Waals surface area (Å²) in [5, 5.41) is 8.00. The summed E-state index contributed by atoms with van der Waals surface area (Å²) < 4.78 is 7.41. The molecule has 114 valence electrons. The molecule has 0 fully saturated rings. The fourth-order valence-electron chi connectivity index (χ4n) is 2.43. The van der Waals surface area contributed by atoms with Crippen LogP contribution in [0, 0.1) is 6.92 Å². The molecule has 0 aliphatic rings. The van der Waals surface area contributed by atoms with Gasteiger partial charge in [-0.15, -0.1) is 0 Å². The zero-order chi connectivity index (χ0) is 15.2. The van der Waals surface area contributed by atoms with Crippen LogP contribution in [0.2, 0.25) is 0 Å². The van der Waals surface area contributed by atoms with Gasteiger partial charge >= 0.3 is 0 Å². The number of methoxy groups -OCH3 is 1. The van der Waals surface area contributed by atoms with Gasteiger partial charge in [0.25, 0.3) is 0 Å². The molecule has 0 aliphatic heterocycles. The van der Waals surface area contributed by atoms with Crippen molar-refractivity contribution in [3.63, 3.8) is 0 Å². The quantitative estimate of drug-likeness (QED) is 0.849. The number of ether oxygens (including phenoxy) is 1. The third-order valence-electron chi connectivity index (χ3n) is 3.67. The highest BCUT2D eigenvalue weighted by molar-refractivity contribution is 5.40. The van der Waals surface area contributed by atoms with E-state index in [2.05, 4.69) is 55.6 Å². The van der Waals surface area contributed by atoms with Gasteiger partial charge in [0.2, 0.25) is 0 Å². The van der Waals surface area contributed by atoms with Crippen molar-refractivity contribution in [1.29, 1.82) is 0 Å². The van der Waals surface area contributed by atoms with Gasteiger partial charge in [0.15, 0.2) is 0 Å². The van der Waals surface area contributed by atoms with E-state index in [0.717, 1.165) is 30.8 Å². The van der Waals surface area contributed by atoms with Crippen molar-refractivity contribution in [3.05, 3.63) is 47.3 Å². The molecule has 1 unspecified atom stereocenters. The summed E-state index contributed by atoms with van der Waals surface area (Å²) in [5.41, 5.74) is 3.55. The molecular weight excluding hydrogens is 262 g/mol. The van der Waals surface area contributed by atoms with Crippen LogP contribution in [0.25, 0.3) is 0 Å². The first-order valence-corrected chi connectivity index (χ1v) is 7.59. The monoisotopic (exact) mass is 287 g/mol. The van der Waals surface area contributed by atoms with Crippen molar-refractivity contribution in [2.24, 2.45) is 0 Å². The summed E-state index contributed by atoms with van der Waals surface area (Å²) in [6.45, 7) is 8.19. The molecule has 2 rings (SSSR count). The lowest BCUT2D eigenvalue weighted by Crippen LogP contribution is -2.23. The van der Waals surface area contributed by atoms with E-state index >= 15 is 0 Å². The maximum absolute atomic E-state index is 5.45. The van der Waals surface area contributed by atoms with Crippen LogP contribution in [-0.4, -0.2) is 23.4 Å². The van der Waals surface area contributed by atoms with Crippen LogP contribution in [0.15, 0.2) is 30.6 Å². The fourth-order valence-corrected chi connectivity index (χ4v) is 2.43. The number of benzene rings is 1. The molecule has 1 heterocycles. The van der Waals surface area contributed by atoms with Gasteiger partial charge in [-0.25, -0.2) is 0 Å². The van der Waals surface area contributed by atoms with Crippen LogP contribution in [0.1, 0.15) is 43.0 Å². The average molecular weight is 287 g/mol. The average Bonchev–Trinajstić information content (AvgIpc) is 2.98. The predicted octanol–water partition coefficient (Wildman–Crippen LogP) is 3.31. The second-order valence-corrected chi connectivity index (χ2v) is 5.25. The number of nitrogens with one attached hydrogen (secondary N) is 1. The molecule has 1 atom stereocenters. The molecular formula is C17H25N3O. The number of aryl methyl sites for hydroxylation is 2. The Kier molecular flexibility index (Phi) is 5.39. The van der Waals surface area contributed by atoms with Gasteiger partial charge in [0, 0.05) is 18.3 Å². The summed E-state index contributed by atoms with van der Waals surface area (Å²) in [6.07, 6.45) is 5.16. The van der Waals surface area contributed by atoms with Crippen LogP contribution in [0.4, 0.5) is 0 Å². The highest BCUT2D eigenvalue weighted by atomic mass is 16.5. The summed E-state index contributed by atoms with van der Waals surface area (Å²) in [4.78, 5) is 0. The molecule has 0 saturated carbocycles. The lowest BCUT2D eigenvalue weighted by molar-refractivity contribution is 0.410. The van der Waals surface area contributed by atoms with Gasteiger partial charge in [0.1, 0.15) is 5.75 Å². The van der Waals surface area contributed by atoms with Gasteiger partial charge < -0.3 is 10.1 Å². The molecule has 4 heteroatoms. The van der Waals surface area contributed by atoms with Gasteiger partial charge in [-0.2, -0.15) is 5.10 Å². The van der Waals surface area contributed by atoms with E-state index in [0.29, 0.717) is 0 Å². The molecule has 0 spiro atoms. The molecule has 1 N–H and O–H groups in total. The van der Waals surface area contributed by atoms with E-state index < -0.39 is 0 Å². The van der Waals surface area contributed by atoms with Crippen molar-refractivity contribution < 1.29 is 4.74 Å². The molecule has 2 aromatic rings. The minimum Gasteiger partial charge on any atom is -0.496 e. The Morgan fingerprint density at radius 3 is 2.71 bits per heavy atom. The number of hydrogen-bond donors (Lipinski definition) is 1. The van der Waals surface area contributed by atoms with Gasteiger partial charge in [-0.3, -0.25) is 4.68 Å². The van der Waals surface area contributed by atoms with Crippen molar-refractivity contribution in [2.45, 2.75) is 39.8 Å². The Morgan fingerprint density at radius 1 is 1.29 bits per heavy atom. The van der Waals surface area contributed by atoms with E-state index in [1.54, 1.807) is 7.11 Å². The van der Waals surface area contributed by atoms with Crippen LogP contribution < -0.4 is 10.1 Å². The second kappa shape index (κ2) is 7.27. The Balaban J connectivity index is 2.34. The van der Waals surface area contributed by atoms with E-state index in [4.69, 9.17) is 4.74 Å². The van der Waals surface area contributed by atoms with Crippen molar-refractivity contribution >= 4 is 0 Å². The molecule has 21 heavy (non-hydrogen) atoms. The standard InChI is InChI=1S/C17H25N3O/c1-5-9-18-17(15-11-19-20(6-2)12-15)14-8-7-13(3)16(10-14)21-4/h7-8,10-12,17-18H,5-6,9H2,1-4H3. The minimum absolute atomic E-state index is 0.153. The fraction of sp³-hybridized carbons (Fsp3) is 0.471. The molecule has 4 nitrogen and oxygen atoms in total. The third-order valence-corrected chi connectivity index (χ3v) is 3.67. The molecule has 0 saturated heterocycles. The SMILES string of the molecule is CCCNC(c1ccc(C)c(OC)c1)c1cnn(CC)c1. The Morgan fingerprint density at radius 2 is 2.10 bits per heavy atom. The normalized spacial score (nSPS) is 12.4. The Labute approximate surface area is 127 Å². The highest BCUT2D eigenvalue weighted by Gasteiger charge is 2.16. The molecule has 0 amide bonds. The maximum Gasteiger partial charge on any atom is 0.122 e. The summed E-state index contributed by atoms with van der Waals surface area (Å²) in [7, 11) is 1.72. The Bertz CT molecular complexity index is 577. The first kappa shape index (κ1) is 15.6. The van der Waals surface area contributed by atoms with E-state index in [1.165, 1.54) is 11.1 Å².